The molecule has 192 valence electrons. The second-order valence-corrected chi connectivity index (χ2v) is 12.1. The Morgan fingerprint density at radius 2 is 2.06 bits per heavy atom. The topological polar surface area (TPSA) is 108 Å². The van der Waals surface area contributed by atoms with Crippen molar-refractivity contribution in [2.24, 2.45) is 34.5 Å². The van der Waals surface area contributed by atoms with Gasteiger partial charge in [0.2, 0.25) is 5.95 Å². The fourth-order valence-corrected chi connectivity index (χ4v) is 8.93. The van der Waals surface area contributed by atoms with Gasteiger partial charge >= 0.3 is 0 Å². The first-order valence-corrected chi connectivity index (χ1v) is 13.0. The van der Waals surface area contributed by atoms with Crippen LogP contribution in [0, 0.1) is 40.4 Å². The van der Waals surface area contributed by atoms with Crippen molar-refractivity contribution in [2.45, 2.75) is 64.6 Å². The number of nitrogens with zero attached hydrogens (tertiary/aromatic N) is 3. The lowest BCUT2D eigenvalue weighted by molar-refractivity contribution is -0.186. The first-order valence-electron chi connectivity index (χ1n) is 13.0. The van der Waals surface area contributed by atoms with E-state index in [-0.39, 0.29) is 29.1 Å². The Balaban J connectivity index is 1.38. The van der Waals surface area contributed by atoms with Crippen molar-refractivity contribution in [3.05, 3.63) is 47.3 Å². The lowest BCUT2D eigenvalue weighted by atomic mass is 9.45. The Labute approximate surface area is 210 Å². The molecular weight excluding hydrogens is 461 g/mol. The zero-order valence-corrected chi connectivity index (χ0v) is 21.0. The number of rotatable bonds is 3. The van der Waals surface area contributed by atoms with E-state index in [9.17, 15) is 24.5 Å². The monoisotopic (exact) mass is 495 g/mol. The standard InChI is InChI=1S/C28H34FN3O4/c1-15-8-20-19-6-4-17-9-21-16(12-31-32(21)18-5-7-24(29)30-13-18)10-26(17,2)25(19)22(34)11-27(20,3)28(15,36)23(35)14-33/h5,7,9,12-13,15,19-20,22,25,33-34,36H,4,6,8,10-11,14H2,1-3H3/t15-,19+,20+,22+,25-,26+,27+,28+/m1/s1. The van der Waals surface area contributed by atoms with E-state index >= 15 is 0 Å². The van der Waals surface area contributed by atoms with Gasteiger partial charge in [-0.05, 0) is 85.0 Å². The first-order chi connectivity index (χ1) is 17.0. The summed E-state index contributed by atoms with van der Waals surface area (Å²) in [4.78, 5) is 16.6. The highest BCUT2D eigenvalue weighted by atomic mass is 19.1. The smallest absolute Gasteiger partial charge is 0.212 e. The zero-order valence-electron chi connectivity index (χ0n) is 21.0. The maximum atomic E-state index is 13.4. The molecule has 2 heterocycles. The highest BCUT2D eigenvalue weighted by Gasteiger charge is 2.70. The van der Waals surface area contributed by atoms with Crippen LogP contribution in [0.4, 0.5) is 4.39 Å². The Bertz CT molecular complexity index is 1260. The summed E-state index contributed by atoms with van der Waals surface area (Å²) in [5.41, 5.74) is 1.37. The first kappa shape index (κ1) is 23.9. The molecule has 7 nitrogen and oxygen atoms in total. The molecule has 8 heteroatoms. The normalized spacial score (nSPS) is 41.1. The minimum Gasteiger partial charge on any atom is -0.393 e. The number of halogens is 1. The van der Waals surface area contributed by atoms with Gasteiger partial charge in [0.05, 0.1) is 29.9 Å². The van der Waals surface area contributed by atoms with Gasteiger partial charge in [0.15, 0.2) is 5.78 Å². The van der Waals surface area contributed by atoms with Crippen molar-refractivity contribution >= 4 is 11.9 Å². The SMILES string of the molecule is C[C@@H]1C[C@H]2[C@@H]3CCC4=Cc5c(cnn5-c5ccc(F)nc5)C[C@]4(C)[C@H]3[C@@H](O)C[C@]2(C)[C@@]1(O)C(=O)CO. The number of hydrogen-bond donors (Lipinski definition) is 3. The average molecular weight is 496 g/mol. The lowest BCUT2D eigenvalue weighted by Gasteiger charge is -2.60. The number of Topliss-reactive ketones (excluding diaryl/α,β-unsaturated/α-hetero) is 1. The highest BCUT2D eigenvalue weighted by molar-refractivity contribution is 5.90. The number of carbonyl (C=O) groups excluding carboxylic acids is 1. The highest BCUT2D eigenvalue weighted by Crippen LogP contribution is 2.68. The fourth-order valence-electron chi connectivity index (χ4n) is 8.93. The summed E-state index contributed by atoms with van der Waals surface area (Å²) in [6.07, 6.45) is 8.37. The number of aliphatic hydroxyl groups is 3. The number of pyridine rings is 1. The molecular formula is C28H34FN3O4. The Morgan fingerprint density at radius 1 is 1.28 bits per heavy atom. The fraction of sp³-hybridized carbons (Fsp3) is 0.607. The number of allylic oxidation sites excluding steroid dienone is 1. The van der Waals surface area contributed by atoms with Gasteiger partial charge in [-0.1, -0.05) is 26.3 Å². The molecule has 3 N–H and O–H groups in total. The summed E-state index contributed by atoms with van der Waals surface area (Å²) >= 11 is 0. The molecule has 0 unspecified atom stereocenters. The van der Waals surface area contributed by atoms with Gasteiger partial charge in [-0.25, -0.2) is 9.67 Å². The second kappa shape index (κ2) is 7.79. The largest absolute Gasteiger partial charge is 0.393 e. The molecule has 0 spiro atoms. The van der Waals surface area contributed by atoms with E-state index < -0.39 is 35.5 Å². The van der Waals surface area contributed by atoms with Gasteiger partial charge in [-0.3, -0.25) is 4.79 Å². The number of ketones is 1. The van der Waals surface area contributed by atoms with Crippen LogP contribution < -0.4 is 0 Å². The van der Waals surface area contributed by atoms with E-state index in [1.54, 1.807) is 10.7 Å². The Hall–Kier alpha value is -2.42. The van der Waals surface area contributed by atoms with E-state index in [4.69, 9.17) is 0 Å². The maximum absolute atomic E-state index is 13.4. The molecule has 4 aliphatic carbocycles. The molecule has 0 amide bonds. The van der Waals surface area contributed by atoms with Crippen LogP contribution in [0.15, 0.2) is 30.1 Å². The van der Waals surface area contributed by atoms with Crippen molar-refractivity contribution < 1.29 is 24.5 Å². The quantitative estimate of drug-likeness (QED) is 0.565. The molecule has 3 fully saturated rings. The summed E-state index contributed by atoms with van der Waals surface area (Å²) in [5, 5.41) is 37.6. The van der Waals surface area contributed by atoms with Crippen LogP contribution in [0.25, 0.3) is 11.8 Å². The maximum Gasteiger partial charge on any atom is 0.212 e. The molecule has 0 saturated heterocycles. The van der Waals surface area contributed by atoms with Crippen molar-refractivity contribution in [1.29, 1.82) is 0 Å². The van der Waals surface area contributed by atoms with Gasteiger partial charge in [-0.2, -0.15) is 9.49 Å². The van der Waals surface area contributed by atoms with Gasteiger partial charge in [0, 0.05) is 5.41 Å². The summed E-state index contributed by atoms with van der Waals surface area (Å²) < 4.78 is 15.2. The summed E-state index contributed by atoms with van der Waals surface area (Å²) in [6.45, 7) is 5.40. The van der Waals surface area contributed by atoms with Crippen LogP contribution in [0.5, 0.6) is 0 Å². The van der Waals surface area contributed by atoms with Crippen LogP contribution in [0.3, 0.4) is 0 Å². The minimum atomic E-state index is -1.63. The van der Waals surface area contributed by atoms with Gasteiger partial charge in [0.25, 0.3) is 0 Å². The Kier molecular flexibility index (Phi) is 5.18. The zero-order chi connectivity index (χ0) is 25.6. The molecule has 0 bridgehead atoms. The van der Waals surface area contributed by atoms with Gasteiger partial charge in [-0.15, -0.1) is 0 Å². The summed E-state index contributed by atoms with van der Waals surface area (Å²) in [6, 6.07) is 3.00. The molecule has 4 aliphatic rings. The third-order valence-corrected chi connectivity index (χ3v) is 10.5. The average Bonchev–Trinajstić information content (AvgIpc) is 3.33. The predicted molar refractivity (Wildman–Crippen MR) is 130 cm³/mol. The van der Waals surface area contributed by atoms with Crippen molar-refractivity contribution in [3.63, 3.8) is 0 Å². The van der Waals surface area contributed by atoms with E-state index in [0.29, 0.717) is 18.5 Å². The molecule has 8 atom stereocenters. The van der Waals surface area contributed by atoms with Crippen LogP contribution >= 0.6 is 0 Å². The third kappa shape index (κ3) is 2.92. The molecule has 0 radical (unpaired) electrons. The Morgan fingerprint density at radius 3 is 2.75 bits per heavy atom. The second-order valence-electron chi connectivity index (χ2n) is 12.1. The lowest BCUT2D eigenvalue weighted by Crippen LogP contribution is -2.63. The molecule has 2 aromatic rings. The van der Waals surface area contributed by atoms with E-state index in [1.807, 2.05) is 20.0 Å². The minimum absolute atomic E-state index is 0.00154. The molecule has 36 heavy (non-hydrogen) atoms. The van der Waals surface area contributed by atoms with E-state index in [2.05, 4.69) is 23.1 Å². The van der Waals surface area contributed by atoms with Crippen molar-refractivity contribution in [1.82, 2.24) is 14.8 Å². The number of hydrogen-bond acceptors (Lipinski definition) is 6. The van der Waals surface area contributed by atoms with Crippen LogP contribution in [-0.2, 0) is 11.2 Å². The van der Waals surface area contributed by atoms with Crippen molar-refractivity contribution in [2.75, 3.05) is 6.61 Å². The van der Waals surface area contributed by atoms with Crippen LogP contribution in [-0.4, -0.2) is 54.2 Å². The molecule has 3 saturated carbocycles. The summed E-state index contributed by atoms with van der Waals surface area (Å²) in [7, 11) is 0. The molecule has 6 rings (SSSR count). The van der Waals surface area contributed by atoms with Gasteiger partial charge < -0.3 is 15.3 Å². The number of aromatic nitrogens is 3. The van der Waals surface area contributed by atoms with Crippen LogP contribution in [0.2, 0.25) is 0 Å². The van der Waals surface area contributed by atoms with Crippen LogP contribution in [0.1, 0.15) is 57.7 Å². The summed E-state index contributed by atoms with van der Waals surface area (Å²) in [5.74, 6) is -1.08. The molecule has 0 aliphatic heterocycles. The number of fused-ring (bicyclic) bond motifs is 6. The van der Waals surface area contributed by atoms with E-state index in [0.717, 1.165) is 30.5 Å². The number of aliphatic hydroxyl groups excluding tert-OH is 2. The van der Waals surface area contributed by atoms with Crippen molar-refractivity contribution in [3.8, 4) is 5.69 Å². The number of carbonyl (C=O) groups is 1. The van der Waals surface area contributed by atoms with E-state index in [1.165, 1.54) is 17.8 Å². The van der Waals surface area contributed by atoms with Gasteiger partial charge in [0.1, 0.15) is 12.2 Å². The third-order valence-electron chi connectivity index (χ3n) is 10.5. The molecule has 0 aromatic carbocycles. The predicted octanol–water partition coefficient (Wildman–Crippen LogP) is 3.10. The molecule has 2 aromatic heterocycles.